The van der Waals surface area contributed by atoms with E-state index in [0.717, 1.165) is 70.6 Å². The van der Waals surface area contributed by atoms with Gasteiger partial charge in [-0.3, -0.25) is 14.2 Å². The Kier molecular flexibility index (Phi) is 54.7. The SMILES string of the molecule is CCCCCCCC/C=C\CCCCCC(=O)NC(COP(=O)([O-])OCC[N+](C)(C)C)C(/C=C\CCCCCCCCCCCCC)OC(=O)CCCCCCCCCCCCCCCCCCCCCCCCC. The molecule has 0 rings (SSSR count). The van der Waals surface area contributed by atoms with Crippen molar-refractivity contribution in [3.05, 3.63) is 24.3 Å². The van der Waals surface area contributed by atoms with Gasteiger partial charge in [-0.15, -0.1) is 0 Å². The molecular formula is C65H127N2O7P. The van der Waals surface area contributed by atoms with Gasteiger partial charge in [0, 0.05) is 12.8 Å². The summed E-state index contributed by atoms with van der Waals surface area (Å²) in [6.07, 6.45) is 65.8. The average Bonchev–Trinajstić information content (AvgIpc) is 3.37. The number of hydrogen-bond acceptors (Lipinski definition) is 7. The maximum atomic E-state index is 13.5. The molecule has 75 heavy (non-hydrogen) atoms. The van der Waals surface area contributed by atoms with Crippen molar-refractivity contribution in [1.29, 1.82) is 0 Å². The van der Waals surface area contributed by atoms with Crippen molar-refractivity contribution in [3.63, 3.8) is 0 Å². The normalized spacial score (nSPS) is 13.7. The Morgan fingerprint density at radius 1 is 0.453 bits per heavy atom. The molecule has 1 amide bonds. The molecule has 0 fully saturated rings. The van der Waals surface area contributed by atoms with Gasteiger partial charge in [-0.25, -0.2) is 0 Å². The zero-order valence-corrected chi connectivity index (χ0v) is 51.7. The first-order chi connectivity index (χ1) is 36.4. The number of ether oxygens (including phenoxy) is 1. The van der Waals surface area contributed by atoms with Gasteiger partial charge in [0.15, 0.2) is 0 Å². The molecule has 0 aromatic rings. The van der Waals surface area contributed by atoms with Gasteiger partial charge >= 0.3 is 5.97 Å². The molecule has 0 aromatic carbocycles. The van der Waals surface area contributed by atoms with E-state index >= 15 is 0 Å². The quantitative estimate of drug-likeness (QED) is 0.0212. The van der Waals surface area contributed by atoms with Gasteiger partial charge in [0.05, 0.1) is 33.8 Å². The Labute approximate surface area is 466 Å². The number of amides is 1. The van der Waals surface area contributed by atoms with Crippen molar-refractivity contribution in [2.45, 2.75) is 341 Å². The average molecular weight is 1080 g/mol. The summed E-state index contributed by atoms with van der Waals surface area (Å²) in [7, 11) is 1.19. The Morgan fingerprint density at radius 2 is 0.773 bits per heavy atom. The number of carbonyl (C=O) groups is 2. The molecule has 1 N–H and O–H groups in total. The van der Waals surface area contributed by atoms with E-state index in [1.165, 1.54) is 225 Å². The van der Waals surface area contributed by atoms with E-state index in [1.54, 1.807) is 0 Å². The Bertz CT molecular complexity index is 1340. The molecule has 0 aliphatic rings. The second-order valence-corrected chi connectivity index (χ2v) is 25.0. The summed E-state index contributed by atoms with van der Waals surface area (Å²) in [4.78, 5) is 40.0. The van der Waals surface area contributed by atoms with Crippen LogP contribution in [-0.2, 0) is 27.9 Å². The lowest BCUT2D eigenvalue weighted by molar-refractivity contribution is -0.870. The highest BCUT2D eigenvalue weighted by Crippen LogP contribution is 2.38. The molecule has 444 valence electrons. The molecule has 0 radical (unpaired) electrons. The second kappa shape index (κ2) is 55.8. The van der Waals surface area contributed by atoms with Crippen molar-refractivity contribution in [2.75, 3.05) is 40.9 Å². The lowest BCUT2D eigenvalue weighted by Gasteiger charge is -2.30. The fraction of sp³-hybridized carbons (Fsp3) is 0.908. The van der Waals surface area contributed by atoms with Crippen LogP contribution >= 0.6 is 7.82 Å². The molecule has 0 saturated carbocycles. The largest absolute Gasteiger partial charge is 0.756 e. The minimum atomic E-state index is -4.70. The number of phosphoric ester groups is 1. The minimum absolute atomic E-state index is 0.0214. The number of nitrogens with zero attached hydrogens (tertiary/aromatic N) is 1. The molecule has 0 heterocycles. The standard InChI is InChI=1S/C65H127N2O7P/c1-7-10-13-16-19-22-25-28-29-30-31-32-33-34-35-36-37-40-43-46-49-52-55-58-65(69)74-63(56-53-50-47-44-41-38-26-23-20-17-14-11-8-2)62(61-73-75(70,71)72-60-59-67(4,5)6)66-64(68)57-54-51-48-45-42-39-27-24-21-18-15-12-9-3/h39,42,53,56,62-63H,7-38,40-41,43-52,54-55,57-61H2,1-6H3,(H-,66,68,70,71)/b42-39-,56-53-. The van der Waals surface area contributed by atoms with E-state index in [0.29, 0.717) is 17.4 Å². The zero-order chi connectivity index (χ0) is 55.0. The van der Waals surface area contributed by atoms with Gasteiger partial charge in [0.1, 0.15) is 19.3 Å². The fourth-order valence-electron chi connectivity index (χ4n) is 9.81. The van der Waals surface area contributed by atoms with Gasteiger partial charge < -0.3 is 28.5 Å². The topological polar surface area (TPSA) is 114 Å². The minimum Gasteiger partial charge on any atom is -0.756 e. The molecule has 3 unspecified atom stereocenters. The van der Waals surface area contributed by atoms with Crippen molar-refractivity contribution in [1.82, 2.24) is 5.32 Å². The van der Waals surface area contributed by atoms with Crippen LogP contribution in [0, 0.1) is 0 Å². The molecule has 3 atom stereocenters. The summed E-state index contributed by atoms with van der Waals surface area (Å²) in [5.41, 5.74) is 0. The van der Waals surface area contributed by atoms with Crippen molar-refractivity contribution in [2.24, 2.45) is 0 Å². The fourth-order valence-corrected chi connectivity index (χ4v) is 10.5. The van der Waals surface area contributed by atoms with Gasteiger partial charge in [-0.1, -0.05) is 283 Å². The summed E-state index contributed by atoms with van der Waals surface area (Å²) in [6, 6.07) is -0.890. The highest BCUT2D eigenvalue weighted by atomic mass is 31.2. The maximum absolute atomic E-state index is 13.5. The third-order valence-corrected chi connectivity index (χ3v) is 15.8. The van der Waals surface area contributed by atoms with E-state index < -0.39 is 20.0 Å². The molecule has 0 spiro atoms. The predicted molar refractivity (Wildman–Crippen MR) is 321 cm³/mol. The molecule has 0 aliphatic heterocycles. The van der Waals surface area contributed by atoms with Crippen molar-refractivity contribution >= 4 is 19.7 Å². The Morgan fingerprint density at radius 3 is 1.15 bits per heavy atom. The van der Waals surface area contributed by atoms with Crippen LogP contribution in [0.2, 0.25) is 0 Å². The van der Waals surface area contributed by atoms with E-state index in [4.69, 9.17) is 13.8 Å². The molecule has 0 saturated heterocycles. The summed E-state index contributed by atoms with van der Waals surface area (Å²) in [6.45, 7) is 6.87. The van der Waals surface area contributed by atoms with E-state index in [9.17, 15) is 19.0 Å². The van der Waals surface area contributed by atoms with Gasteiger partial charge in [-0.05, 0) is 57.4 Å². The number of rotatable bonds is 60. The second-order valence-electron chi connectivity index (χ2n) is 23.6. The van der Waals surface area contributed by atoms with Crippen LogP contribution < -0.4 is 10.2 Å². The molecule has 9 nitrogen and oxygen atoms in total. The summed E-state index contributed by atoms with van der Waals surface area (Å²) in [5.74, 6) is -0.542. The van der Waals surface area contributed by atoms with Crippen LogP contribution in [0.25, 0.3) is 0 Å². The third-order valence-electron chi connectivity index (χ3n) is 14.9. The highest BCUT2D eigenvalue weighted by molar-refractivity contribution is 7.45. The smallest absolute Gasteiger partial charge is 0.306 e. The number of quaternary nitrogens is 1. The lowest BCUT2D eigenvalue weighted by atomic mass is 10.0. The monoisotopic (exact) mass is 1080 g/mol. The van der Waals surface area contributed by atoms with Crippen LogP contribution in [0.3, 0.4) is 0 Å². The van der Waals surface area contributed by atoms with E-state index in [2.05, 4.69) is 38.2 Å². The lowest BCUT2D eigenvalue weighted by Crippen LogP contribution is -2.47. The van der Waals surface area contributed by atoms with Gasteiger partial charge in [0.2, 0.25) is 5.91 Å². The summed E-state index contributed by atoms with van der Waals surface area (Å²) >= 11 is 0. The van der Waals surface area contributed by atoms with Crippen molar-refractivity contribution < 1.29 is 37.3 Å². The number of carbonyl (C=O) groups excluding carboxylic acids is 2. The summed E-state index contributed by atoms with van der Waals surface area (Å²) < 4.78 is 30.3. The number of esters is 1. The zero-order valence-electron chi connectivity index (χ0n) is 50.8. The number of allylic oxidation sites excluding steroid dienone is 3. The molecule has 0 aliphatic carbocycles. The number of phosphoric acid groups is 1. The van der Waals surface area contributed by atoms with Crippen LogP contribution in [0.1, 0.15) is 329 Å². The first-order valence-corrected chi connectivity index (χ1v) is 34.1. The number of unbranched alkanes of at least 4 members (excludes halogenated alkanes) is 42. The van der Waals surface area contributed by atoms with Crippen LogP contribution in [0.15, 0.2) is 24.3 Å². The van der Waals surface area contributed by atoms with Crippen LogP contribution in [0.5, 0.6) is 0 Å². The number of likely N-dealkylation sites (N-methyl/N-ethyl adjacent to an activating group) is 1. The molecule has 0 aromatic heterocycles. The Balaban J connectivity index is 5.12. The highest BCUT2D eigenvalue weighted by Gasteiger charge is 2.27. The molecular weight excluding hydrogens is 952 g/mol. The third kappa shape index (κ3) is 57.0. The predicted octanol–water partition coefficient (Wildman–Crippen LogP) is 19.5. The summed E-state index contributed by atoms with van der Waals surface area (Å²) in [5, 5.41) is 3.02. The Hall–Kier alpha value is -1.51. The number of hydrogen-bond donors (Lipinski definition) is 1. The van der Waals surface area contributed by atoms with Gasteiger partial charge in [0.25, 0.3) is 7.82 Å². The first-order valence-electron chi connectivity index (χ1n) is 32.6. The van der Waals surface area contributed by atoms with E-state index in [-0.39, 0.29) is 31.5 Å². The van der Waals surface area contributed by atoms with E-state index in [1.807, 2.05) is 33.3 Å². The molecule has 0 bridgehead atoms. The molecule has 10 heteroatoms. The number of nitrogens with one attached hydrogen (secondary N) is 1. The van der Waals surface area contributed by atoms with Crippen LogP contribution in [-0.4, -0.2) is 69.4 Å². The van der Waals surface area contributed by atoms with Crippen molar-refractivity contribution in [3.8, 4) is 0 Å². The van der Waals surface area contributed by atoms with Crippen LogP contribution in [0.4, 0.5) is 0 Å². The first kappa shape index (κ1) is 73.5. The maximum Gasteiger partial charge on any atom is 0.306 e. The van der Waals surface area contributed by atoms with Gasteiger partial charge in [-0.2, -0.15) is 0 Å².